The molecule has 4 rings (SSSR count). The van der Waals surface area contributed by atoms with Crippen molar-refractivity contribution in [3.8, 4) is 0 Å². The van der Waals surface area contributed by atoms with Gasteiger partial charge in [0.1, 0.15) is 30.1 Å². The van der Waals surface area contributed by atoms with E-state index >= 15 is 0 Å². The first-order valence-corrected chi connectivity index (χ1v) is 24.7. The summed E-state index contributed by atoms with van der Waals surface area (Å²) in [5, 5.41) is 33.8. The van der Waals surface area contributed by atoms with Crippen molar-refractivity contribution in [3.05, 3.63) is 47.6 Å². The largest absolute Gasteiger partial charge is 0.460 e. The Balaban J connectivity index is 1.70. The molecule has 366 valence electrons. The number of carbonyl (C=O) groups is 5. The number of aliphatic hydroxyl groups excluding tert-OH is 2. The van der Waals surface area contributed by atoms with Crippen molar-refractivity contribution in [2.75, 3.05) is 39.4 Å². The number of nitrogens with zero attached hydrogens (tertiary/aromatic N) is 1. The standard InChI is InChI=1S/C50H77NO13S/c1-29-14-12-11-13-15-30(2)41(60-8)26-37-18-16-35(7)50(59,64-37)47(56)48(57)51-20-21-65-28-38(51)49(58)63-42(32(4)24-36-17-19-39(52)43(25-36)61-9)27-40(53)31(3)23-34(6)45(55)46(62-10)44(54)33(5)22-29/h11-15,23,29,31-33,35-39,41-43,45-46,52,55,59H,16-22,24-28H2,1-10H3/b13-11+,14-12+,30-15+,34-23+/t29-,31-,32-,33-,35-,36+,37+,38+,39-,41+,42+,43-,45-,46+,50-/m1/s1. The number of carbonyl (C=O) groups excluding carboxylic acids is 5. The van der Waals surface area contributed by atoms with Crippen LogP contribution in [-0.4, -0.2) is 143 Å². The minimum absolute atomic E-state index is 0.0182. The van der Waals surface area contributed by atoms with Gasteiger partial charge in [0.15, 0.2) is 5.78 Å². The molecule has 0 unspecified atom stereocenters. The maximum Gasteiger partial charge on any atom is 0.330 e. The molecule has 1 amide bonds. The van der Waals surface area contributed by atoms with Crippen LogP contribution in [0.3, 0.4) is 0 Å². The Morgan fingerprint density at radius 3 is 2.29 bits per heavy atom. The average molecular weight is 932 g/mol. The molecule has 65 heavy (non-hydrogen) atoms. The van der Waals surface area contributed by atoms with Crippen molar-refractivity contribution < 1.29 is 63.0 Å². The number of allylic oxidation sites excluding steroid dienone is 6. The quantitative estimate of drug-likeness (QED) is 0.166. The number of thioether (sulfide) groups is 1. The van der Waals surface area contributed by atoms with Crippen LogP contribution in [0.15, 0.2) is 47.6 Å². The van der Waals surface area contributed by atoms with Gasteiger partial charge < -0.3 is 43.9 Å². The van der Waals surface area contributed by atoms with Gasteiger partial charge >= 0.3 is 5.97 Å². The monoisotopic (exact) mass is 932 g/mol. The molecule has 2 saturated heterocycles. The molecule has 0 spiro atoms. The minimum Gasteiger partial charge on any atom is -0.460 e. The van der Waals surface area contributed by atoms with E-state index in [0.717, 1.165) is 12.0 Å². The molecule has 14 nitrogen and oxygen atoms in total. The summed E-state index contributed by atoms with van der Waals surface area (Å²) in [5.74, 6) is -7.46. The summed E-state index contributed by atoms with van der Waals surface area (Å²) >= 11 is 1.43. The summed E-state index contributed by atoms with van der Waals surface area (Å²) in [6, 6.07) is -1.18. The summed E-state index contributed by atoms with van der Waals surface area (Å²) in [6.45, 7) is 12.7. The van der Waals surface area contributed by atoms with E-state index in [1.165, 1.54) is 23.8 Å². The lowest BCUT2D eigenvalue weighted by Crippen LogP contribution is -2.61. The molecule has 0 aromatic heterocycles. The highest BCUT2D eigenvalue weighted by Gasteiger charge is 2.53. The molecule has 15 heteroatoms. The van der Waals surface area contributed by atoms with E-state index in [9.17, 15) is 39.3 Å². The van der Waals surface area contributed by atoms with Gasteiger partial charge in [-0.3, -0.25) is 19.2 Å². The summed E-state index contributed by atoms with van der Waals surface area (Å²) in [5.41, 5.74) is 1.26. The Hall–Kier alpha value is -3.02. The Labute approximate surface area is 390 Å². The maximum absolute atomic E-state index is 14.3. The van der Waals surface area contributed by atoms with Crippen molar-refractivity contribution in [1.82, 2.24) is 4.90 Å². The van der Waals surface area contributed by atoms with Gasteiger partial charge in [-0.2, -0.15) is 11.8 Å². The fourth-order valence-corrected chi connectivity index (χ4v) is 10.8. The second kappa shape index (κ2) is 25.4. The summed E-state index contributed by atoms with van der Waals surface area (Å²) in [6.07, 6.45) is 9.78. The normalized spacial score (nSPS) is 40.4. The highest BCUT2D eigenvalue weighted by molar-refractivity contribution is 7.99. The van der Waals surface area contributed by atoms with Gasteiger partial charge in [0.25, 0.3) is 11.7 Å². The first-order chi connectivity index (χ1) is 30.7. The van der Waals surface area contributed by atoms with Gasteiger partial charge in [-0.25, -0.2) is 4.79 Å². The number of cyclic esters (lactones) is 1. The van der Waals surface area contributed by atoms with Gasteiger partial charge in [-0.15, -0.1) is 0 Å². The van der Waals surface area contributed by atoms with Crippen LogP contribution in [0.25, 0.3) is 0 Å². The van der Waals surface area contributed by atoms with Crippen molar-refractivity contribution >= 4 is 41.0 Å². The van der Waals surface area contributed by atoms with E-state index in [0.29, 0.717) is 56.3 Å². The number of hydrogen-bond donors (Lipinski definition) is 3. The zero-order valence-electron chi connectivity index (χ0n) is 40.3. The van der Waals surface area contributed by atoms with Gasteiger partial charge in [-0.05, 0) is 87.7 Å². The number of rotatable bonds is 6. The van der Waals surface area contributed by atoms with Crippen LogP contribution in [0.2, 0.25) is 0 Å². The van der Waals surface area contributed by atoms with Crippen molar-refractivity contribution in [3.63, 3.8) is 0 Å². The lowest BCUT2D eigenvalue weighted by Gasteiger charge is -2.42. The molecule has 0 radical (unpaired) electrons. The van der Waals surface area contributed by atoms with Crippen LogP contribution in [-0.2, 0) is 47.7 Å². The zero-order chi connectivity index (χ0) is 48.2. The van der Waals surface area contributed by atoms with Gasteiger partial charge in [-0.1, -0.05) is 71.1 Å². The predicted molar refractivity (Wildman–Crippen MR) is 249 cm³/mol. The van der Waals surface area contributed by atoms with E-state index < -0.39 is 83.9 Å². The van der Waals surface area contributed by atoms with Crippen molar-refractivity contribution in [1.29, 1.82) is 0 Å². The molecule has 0 aromatic rings. The van der Waals surface area contributed by atoms with Crippen LogP contribution in [0.4, 0.5) is 0 Å². The van der Waals surface area contributed by atoms with E-state index in [-0.39, 0.29) is 54.1 Å². The minimum atomic E-state index is -2.43. The predicted octanol–water partition coefficient (Wildman–Crippen LogP) is 5.74. The van der Waals surface area contributed by atoms with Gasteiger partial charge in [0.05, 0.1) is 24.4 Å². The molecule has 3 heterocycles. The Morgan fingerprint density at radius 1 is 0.892 bits per heavy atom. The van der Waals surface area contributed by atoms with Gasteiger partial charge in [0, 0.05) is 70.0 Å². The number of esters is 1. The lowest BCUT2D eigenvalue weighted by atomic mass is 9.78. The van der Waals surface area contributed by atoms with E-state index in [1.807, 2.05) is 58.1 Å². The summed E-state index contributed by atoms with van der Waals surface area (Å²) < 4.78 is 29.3. The number of fused-ring (bicyclic) bond motifs is 3. The number of methoxy groups -OCH3 is 3. The third-order valence-corrected chi connectivity index (χ3v) is 15.1. The first kappa shape index (κ1) is 54.6. The van der Waals surface area contributed by atoms with E-state index in [1.54, 1.807) is 41.1 Å². The number of hydrogen-bond acceptors (Lipinski definition) is 14. The third kappa shape index (κ3) is 14.5. The first-order valence-electron chi connectivity index (χ1n) is 23.5. The fourth-order valence-electron chi connectivity index (χ4n) is 9.74. The molecule has 1 saturated carbocycles. The molecular weight excluding hydrogens is 855 g/mol. The maximum atomic E-state index is 14.3. The van der Waals surface area contributed by atoms with Crippen LogP contribution in [0, 0.1) is 35.5 Å². The number of aliphatic hydroxyl groups is 3. The Bertz CT molecular complexity index is 1760. The summed E-state index contributed by atoms with van der Waals surface area (Å²) in [7, 11) is 4.51. The molecule has 3 N–H and O–H groups in total. The fraction of sp³-hybridized carbons (Fsp3) is 0.740. The molecule has 15 atom stereocenters. The zero-order valence-corrected chi connectivity index (χ0v) is 41.1. The molecule has 3 aliphatic heterocycles. The lowest BCUT2D eigenvalue weighted by molar-refractivity contribution is -0.265. The number of ether oxygens (including phenoxy) is 5. The highest BCUT2D eigenvalue weighted by atomic mass is 32.2. The second-order valence-corrected chi connectivity index (χ2v) is 20.3. The molecule has 3 fully saturated rings. The topological polar surface area (TPSA) is 195 Å². The Morgan fingerprint density at radius 2 is 1.62 bits per heavy atom. The van der Waals surface area contributed by atoms with E-state index in [2.05, 4.69) is 0 Å². The molecule has 1 aliphatic carbocycles. The molecule has 4 aliphatic rings. The van der Waals surface area contributed by atoms with Crippen molar-refractivity contribution in [2.24, 2.45) is 35.5 Å². The van der Waals surface area contributed by atoms with Crippen molar-refractivity contribution in [2.45, 2.75) is 161 Å². The Kier molecular flexibility index (Phi) is 21.3. The average Bonchev–Trinajstić information content (AvgIpc) is 3.28. The van der Waals surface area contributed by atoms with Crippen LogP contribution < -0.4 is 0 Å². The third-order valence-electron chi connectivity index (χ3n) is 14.1. The van der Waals surface area contributed by atoms with Crippen LogP contribution in [0.5, 0.6) is 0 Å². The SMILES string of the molecule is CO[C@H]1C[C@@H]2CC[C@@H](C)[C@@](O)(O2)C(=O)C(=O)N2CCSC[C@H]2C(=O)O[C@H]([C@H](C)C[C@@H]2CC[C@@H](O)[C@H](OC)C2)CC(=O)[C@H](C)/C=C(\C)[C@@H](O)[C@@H](OC)C(=O)[C@H](C)C[C@H](C)/C=C/C=C/C=C/1C. The number of ketones is 3. The van der Waals surface area contributed by atoms with Gasteiger partial charge in [0.2, 0.25) is 5.79 Å². The number of Topliss-reactive ketones (excluding diaryl/α,β-unsaturated/α-hetero) is 3. The van der Waals surface area contributed by atoms with E-state index in [4.69, 9.17) is 23.7 Å². The highest BCUT2D eigenvalue weighted by Crippen LogP contribution is 2.37. The molecule has 0 aromatic carbocycles. The number of amides is 1. The molecular formula is C50H77NO13S. The second-order valence-electron chi connectivity index (χ2n) is 19.2. The smallest absolute Gasteiger partial charge is 0.330 e. The van der Waals surface area contributed by atoms with Crippen LogP contribution >= 0.6 is 11.8 Å². The molecule has 2 bridgehead atoms. The van der Waals surface area contributed by atoms with Crippen LogP contribution in [0.1, 0.15) is 106 Å². The summed E-state index contributed by atoms with van der Waals surface area (Å²) in [4.78, 5) is 71.7.